The van der Waals surface area contributed by atoms with Crippen molar-refractivity contribution in [3.63, 3.8) is 0 Å². The van der Waals surface area contributed by atoms with Gasteiger partial charge in [0.15, 0.2) is 0 Å². The van der Waals surface area contributed by atoms with Crippen LogP contribution in [0.25, 0.3) is 0 Å². The molecule has 1 aromatic rings. The number of nitrogens with zero attached hydrogens (tertiary/aromatic N) is 1. The van der Waals surface area contributed by atoms with Crippen LogP contribution >= 0.6 is 11.6 Å². The van der Waals surface area contributed by atoms with Crippen LogP contribution in [-0.2, 0) is 16.1 Å². The molecule has 1 amide bonds. The van der Waals surface area contributed by atoms with Crippen molar-refractivity contribution in [2.45, 2.75) is 13.0 Å². The van der Waals surface area contributed by atoms with Crippen LogP contribution in [0, 0.1) is 5.82 Å². The van der Waals surface area contributed by atoms with E-state index in [1.165, 1.54) is 12.1 Å². The summed E-state index contributed by atoms with van der Waals surface area (Å²) in [7, 11) is 0. The van der Waals surface area contributed by atoms with E-state index in [0.29, 0.717) is 45.8 Å². The summed E-state index contributed by atoms with van der Waals surface area (Å²) in [5.74, 6) is -0.293. The van der Waals surface area contributed by atoms with E-state index in [9.17, 15) is 9.18 Å². The zero-order valence-corrected chi connectivity index (χ0v) is 12.0. The van der Waals surface area contributed by atoms with Crippen LogP contribution in [0.15, 0.2) is 18.2 Å². The molecular formula is C14H18ClFN2O2. The predicted octanol–water partition coefficient (Wildman–Crippen LogP) is 1.82. The second-order valence-corrected chi connectivity index (χ2v) is 5.08. The van der Waals surface area contributed by atoms with Crippen LogP contribution in [0.1, 0.15) is 12.0 Å². The molecule has 0 spiro atoms. The van der Waals surface area contributed by atoms with E-state index in [-0.39, 0.29) is 10.9 Å². The van der Waals surface area contributed by atoms with Gasteiger partial charge in [-0.2, -0.15) is 0 Å². The summed E-state index contributed by atoms with van der Waals surface area (Å²) < 4.78 is 18.4. The number of hydrogen-bond acceptors (Lipinski definition) is 3. The highest BCUT2D eigenvalue weighted by Crippen LogP contribution is 2.15. The standard InChI is InChI=1S/C14H18ClFN2O2/c15-12-2-1-11(9-13(12)16)10-17-4-3-14(19)18-5-7-20-8-6-18/h1-2,9,17H,3-8,10H2. The van der Waals surface area contributed by atoms with Gasteiger partial charge in [0.05, 0.1) is 18.2 Å². The van der Waals surface area contributed by atoms with Gasteiger partial charge in [-0.05, 0) is 17.7 Å². The maximum atomic E-state index is 13.2. The first-order valence-corrected chi connectivity index (χ1v) is 7.05. The van der Waals surface area contributed by atoms with Gasteiger partial charge < -0.3 is 15.0 Å². The Morgan fingerprint density at radius 3 is 2.85 bits per heavy atom. The normalized spacial score (nSPS) is 15.4. The average molecular weight is 301 g/mol. The summed E-state index contributed by atoms with van der Waals surface area (Å²) in [6.45, 7) is 3.65. The van der Waals surface area contributed by atoms with E-state index in [1.807, 2.05) is 4.90 Å². The van der Waals surface area contributed by atoms with Crippen LogP contribution < -0.4 is 5.32 Å². The molecule has 1 aliphatic rings. The third-order valence-corrected chi connectivity index (χ3v) is 3.50. The van der Waals surface area contributed by atoms with Crippen LogP contribution in [0.5, 0.6) is 0 Å². The molecule has 1 heterocycles. The van der Waals surface area contributed by atoms with Crippen molar-refractivity contribution < 1.29 is 13.9 Å². The quantitative estimate of drug-likeness (QED) is 0.844. The average Bonchev–Trinajstić information content (AvgIpc) is 2.48. The number of nitrogens with one attached hydrogen (secondary N) is 1. The van der Waals surface area contributed by atoms with Crippen LogP contribution in [0.4, 0.5) is 4.39 Å². The highest BCUT2D eigenvalue weighted by atomic mass is 35.5. The van der Waals surface area contributed by atoms with E-state index in [4.69, 9.17) is 16.3 Å². The number of carbonyl (C=O) groups excluding carboxylic acids is 1. The zero-order chi connectivity index (χ0) is 14.4. The van der Waals surface area contributed by atoms with E-state index < -0.39 is 5.82 Å². The number of carbonyl (C=O) groups is 1. The largest absolute Gasteiger partial charge is 0.378 e. The maximum Gasteiger partial charge on any atom is 0.224 e. The Morgan fingerprint density at radius 2 is 2.15 bits per heavy atom. The molecule has 1 aromatic carbocycles. The number of benzene rings is 1. The van der Waals surface area contributed by atoms with E-state index in [1.54, 1.807) is 6.07 Å². The number of rotatable bonds is 5. The lowest BCUT2D eigenvalue weighted by atomic mass is 10.2. The van der Waals surface area contributed by atoms with E-state index in [2.05, 4.69) is 5.32 Å². The molecule has 20 heavy (non-hydrogen) atoms. The molecule has 0 radical (unpaired) electrons. The molecule has 2 rings (SSSR count). The maximum absolute atomic E-state index is 13.2. The molecule has 1 aliphatic heterocycles. The van der Waals surface area contributed by atoms with Gasteiger partial charge in [0, 0.05) is 32.6 Å². The molecule has 1 fully saturated rings. The lowest BCUT2D eigenvalue weighted by molar-refractivity contribution is -0.135. The first kappa shape index (κ1) is 15.2. The van der Waals surface area contributed by atoms with Gasteiger partial charge in [0.2, 0.25) is 5.91 Å². The van der Waals surface area contributed by atoms with Gasteiger partial charge in [-0.1, -0.05) is 17.7 Å². The first-order chi connectivity index (χ1) is 9.66. The molecule has 1 saturated heterocycles. The van der Waals surface area contributed by atoms with Crippen molar-refractivity contribution in [2.24, 2.45) is 0 Å². The number of halogens is 2. The second kappa shape index (κ2) is 7.57. The Labute approximate surface area is 122 Å². The monoisotopic (exact) mass is 300 g/mol. The van der Waals surface area contributed by atoms with E-state index in [0.717, 1.165) is 5.56 Å². The molecule has 0 atom stereocenters. The van der Waals surface area contributed by atoms with Gasteiger partial charge in [-0.15, -0.1) is 0 Å². The fourth-order valence-corrected chi connectivity index (χ4v) is 2.17. The van der Waals surface area contributed by atoms with Crippen molar-refractivity contribution in [2.75, 3.05) is 32.8 Å². The van der Waals surface area contributed by atoms with Gasteiger partial charge in [0.1, 0.15) is 5.82 Å². The summed E-state index contributed by atoms with van der Waals surface area (Å²) in [5.41, 5.74) is 0.811. The summed E-state index contributed by atoms with van der Waals surface area (Å²) in [6.07, 6.45) is 0.441. The predicted molar refractivity (Wildman–Crippen MR) is 75.1 cm³/mol. The summed E-state index contributed by atoms with van der Waals surface area (Å²) in [5, 5.41) is 3.25. The lowest BCUT2D eigenvalue weighted by Gasteiger charge is -2.26. The molecule has 0 aliphatic carbocycles. The van der Waals surface area contributed by atoms with Crippen molar-refractivity contribution >= 4 is 17.5 Å². The molecule has 6 heteroatoms. The summed E-state index contributed by atoms with van der Waals surface area (Å²) >= 11 is 5.61. The molecule has 0 bridgehead atoms. The molecule has 0 unspecified atom stereocenters. The number of ether oxygens (including phenoxy) is 1. The number of morpholine rings is 1. The van der Waals surface area contributed by atoms with Crippen molar-refractivity contribution in [3.05, 3.63) is 34.6 Å². The third-order valence-electron chi connectivity index (χ3n) is 3.19. The molecule has 0 aromatic heterocycles. The van der Waals surface area contributed by atoms with Crippen molar-refractivity contribution in [1.82, 2.24) is 10.2 Å². The second-order valence-electron chi connectivity index (χ2n) is 4.67. The topological polar surface area (TPSA) is 41.6 Å². The Kier molecular flexibility index (Phi) is 5.76. The lowest BCUT2D eigenvalue weighted by Crippen LogP contribution is -2.41. The fraction of sp³-hybridized carbons (Fsp3) is 0.500. The van der Waals surface area contributed by atoms with Gasteiger partial charge in [-0.3, -0.25) is 4.79 Å². The summed E-state index contributed by atoms with van der Waals surface area (Å²) in [4.78, 5) is 13.7. The minimum Gasteiger partial charge on any atom is -0.378 e. The van der Waals surface area contributed by atoms with Crippen LogP contribution in [-0.4, -0.2) is 43.7 Å². The number of hydrogen-bond donors (Lipinski definition) is 1. The minimum atomic E-state index is -0.421. The summed E-state index contributed by atoms with van der Waals surface area (Å²) in [6, 6.07) is 4.70. The highest BCUT2D eigenvalue weighted by molar-refractivity contribution is 6.30. The smallest absolute Gasteiger partial charge is 0.224 e. The molecule has 4 nitrogen and oxygen atoms in total. The molecule has 0 saturated carbocycles. The van der Waals surface area contributed by atoms with Crippen molar-refractivity contribution in [3.8, 4) is 0 Å². The van der Waals surface area contributed by atoms with Gasteiger partial charge in [-0.25, -0.2) is 4.39 Å². The Bertz CT molecular complexity index is 464. The Balaban J connectivity index is 1.68. The van der Waals surface area contributed by atoms with E-state index >= 15 is 0 Å². The SMILES string of the molecule is O=C(CCNCc1ccc(Cl)c(F)c1)N1CCOCC1. The van der Waals surface area contributed by atoms with Gasteiger partial charge >= 0.3 is 0 Å². The van der Waals surface area contributed by atoms with Crippen molar-refractivity contribution in [1.29, 1.82) is 0 Å². The van der Waals surface area contributed by atoms with Crippen LogP contribution in [0.2, 0.25) is 5.02 Å². The Hall–Kier alpha value is -1.17. The molecule has 110 valence electrons. The highest BCUT2D eigenvalue weighted by Gasteiger charge is 2.15. The zero-order valence-electron chi connectivity index (χ0n) is 11.2. The Morgan fingerprint density at radius 1 is 1.40 bits per heavy atom. The van der Waals surface area contributed by atoms with Crippen LogP contribution in [0.3, 0.4) is 0 Å². The minimum absolute atomic E-state index is 0.122. The molecular weight excluding hydrogens is 283 g/mol. The molecule has 1 N–H and O–H groups in total. The fourth-order valence-electron chi connectivity index (χ4n) is 2.05. The number of amides is 1. The first-order valence-electron chi connectivity index (χ1n) is 6.67. The van der Waals surface area contributed by atoms with Gasteiger partial charge in [0.25, 0.3) is 0 Å². The third kappa shape index (κ3) is 4.44.